The van der Waals surface area contributed by atoms with Crippen molar-refractivity contribution in [3.8, 4) is 0 Å². The normalized spacial score (nSPS) is 11.1. The van der Waals surface area contributed by atoms with E-state index in [4.69, 9.17) is 4.74 Å². The molecule has 0 radical (unpaired) electrons. The fourth-order valence-electron chi connectivity index (χ4n) is 2.80. The van der Waals surface area contributed by atoms with Crippen molar-refractivity contribution in [3.05, 3.63) is 35.9 Å². The summed E-state index contributed by atoms with van der Waals surface area (Å²) in [4.78, 5) is 38.1. The highest BCUT2D eigenvalue weighted by atomic mass is 32.2. The van der Waals surface area contributed by atoms with E-state index in [2.05, 4.69) is 5.32 Å². The molecule has 0 atom stereocenters. The lowest BCUT2D eigenvalue weighted by Crippen LogP contribution is -2.47. The molecule has 0 fully saturated rings. The van der Waals surface area contributed by atoms with Crippen LogP contribution in [0.3, 0.4) is 0 Å². The highest BCUT2D eigenvalue weighted by Crippen LogP contribution is 2.12. The van der Waals surface area contributed by atoms with Gasteiger partial charge in [0.1, 0.15) is 0 Å². The number of ether oxygens (including phenoxy) is 1. The Morgan fingerprint density at radius 2 is 1.73 bits per heavy atom. The zero-order valence-electron chi connectivity index (χ0n) is 18.7. The van der Waals surface area contributed by atoms with Gasteiger partial charge in [0.15, 0.2) is 0 Å². The number of unbranched alkanes of at least 4 members (excludes halogenated alkanes) is 1. The van der Waals surface area contributed by atoms with E-state index < -0.39 is 0 Å². The molecule has 2 amide bonds. The van der Waals surface area contributed by atoms with Gasteiger partial charge in [0.2, 0.25) is 11.8 Å². The molecular formula is C23H36N2O4S. The monoisotopic (exact) mass is 436 g/mol. The van der Waals surface area contributed by atoms with Crippen LogP contribution in [0.2, 0.25) is 0 Å². The predicted octanol–water partition coefficient (Wildman–Crippen LogP) is 3.79. The number of esters is 1. The Bertz CT molecular complexity index is 659. The number of carbonyl (C=O) groups excluding carboxylic acids is 3. The molecule has 168 valence electrons. The van der Waals surface area contributed by atoms with Crippen molar-refractivity contribution in [2.75, 3.05) is 24.7 Å². The summed E-state index contributed by atoms with van der Waals surface area (Å²) in [6.07, 6.45) is 2.49. The van der Waals surface area contributed by atoms with Crippen molar-refractivity contribution in [2.45, 2.75) is 65.5 Å². The van der Waals surface area contributed by atoms with Crippen molar-refractivity contribution in [1.82, 2.24) is 10.2 Å². The molecular weight excluding hydrogens is 400 g/mol. The van der Waals surface area contributed by atoms with Crippen LogP contribution >= 0.6 is 11.8 Å². The number of amides is 2. The Kier molecular flexibility index (Phi) is 12.2. The van der Waals surface area contributed by atoms with Gasteiger partial charge in [-0.25, -0.2) is 0 Å². The highest BCUT2D eigenvalue weighted by molar-refractivity contribution is 7.99. The number of benzene rings is 1. The molecule has 1 aromatic rings. The van der Waals surface area contributed by atoms with Crippen molar-refractivity contribution in [3.63, 3.8) is 0 Å². The Morgan fingerprint density at radius 1 is 1.03 bits per heavy atom. The molecule has 30 heavy (non-hydrogen) atoms. The average molecular weight is 437 g/mol. The molecule has 0 aliphatic heterocycles. The number of nitrogens with zero attached hydrogens (tertiary/aromatic N) is 1. The lowest BCUT2D eigenvalue weighted by atomic mass is 10.1. The fourth-order valence-corrected chi connectivity index (χ4v) is 3.72. The molecule has 0 saturated heterocycles. The van der Waals surface area contributed by atoms with E-state index in [0.29, 0.717) is 26.0 Å². The van der Waals surface area contributed by atoms with E-state index in [-0.39, 0.29) is 29.9 Å². The number of carbonyl (C=O) groups is 3. The van der Waals surface area contributed by atoms with Gasteiger partial charge in [-0.3, -0.25) is 14.4 Å². The molecule has 0 heterocycles. The minimum atomic E-state index is -0.334. The second-order valence-corrected chi connectivity index (χ2v) is 9.38. The van der Waals surface area contributed by atoms with Crippen molar-refractivity contribution in [1.29, 1.82) is 0 Å². The number of thioether (sulfide) groups is 1. The van der Waals surface area contributed by atoms with E-state index in [9.17, 15) is 14.4 Å². The van der Waals surface area contributed by atoms with Gasteiger partial charge in [0.05, 0.1) is 19.6 Å². The Morgan fingerprint density at radius 3 is 2.37 bits per heavy atom. The maximum absolute atomic E-state index is 12.8. The van der Waals surface area contributed by atoms with E-state index >= 15 is 0 Å². The van der Waals surface area contributed by atoms with Crippen LogP contribution in [0, 0.1) is 0 Å². The summed E-state index contributed by atoms with van der Waals surface area (Å²) in [6, 6.07) is 9.72. The van der Waals surface area contributed by atoms with Gasteiger partial charge in [0, 0.05) is 24.3 Å². The third-order valence-corrected chi connectivity index (χ3v) is 5.17. The number of rotatable bonds is 13. The van der Waals surface area contributed by atoms with Gasteiger partial charge < -0.3 is 15.0 Å². The van der Waals surface area contributed by atoms with Crippen LogP contribution in [0.4, 0.5) is 0 Å². The SMILES string of the molecule is CCOC(=O)CCSCCCCC(=O)N(CC(=O)NC(C)(C)C)Cc1ccccc1. The maximum atomic E-state index is 12.8. The molecule has 7 heteroatoms. The fraction of sp³-hybridized carbons (Fsp3) is 0.609. The summed E-state index contributed by atoms with van der Waals surface area (Å²) < 4.78 is 4.90. The minimum absolute atomic E-state index is 0.0144. The van der Waals surface area contributed by atoms with Gasteiger partial charge in [-0.1, -0.05) is 30.3 Å². The van der Waals surface area contributed by atoms with Crippen LogP contribution in [0.25, 0.3) is 0 Å². The number of hydrogen-bond donors (Lipinski definition) is 1. The molecule has 0 bridgehead atoms. The van der Waals surface area contributed by atoms with Crippen molar-refractivity contribution < 1.29 is 19.1 Å². The molecule has 0 aromatic heterocycles. The van der Waals surface area contributed by atoms with Crippen LogP contribution in [-0.2, 0) is 25.7 Å². The Hall–Kier alpha value is -2.02. The topological polar surface area (TPSA) is 75.7 Å². The van der Waals surface area contributed by atoms with E-state index in [1.54, 1.807) is 23.6 Å². The lowest BCUT2D eigenvalue weighted by Gasteiger charge is -2.26. The molecule has 0 aliphatic rings. The van der Waals surface area contributed by atoms with Gasteiger partial charge in [-0.05, 0) is 51.9 Å². The lowest BCUT2D eigenvalue weighted by molar-refractivity contribution is -0.142. The smallest absolute Gasteiger partial charge is 0.306 e. The van der Waals surface area contributed by atoms with Crippen LogP contribution in [0.5, 0.6) is 0 Å². The first-order valence-corrected chi connectivity index (χ1v) is 11.7. The van der Waals surface area contributed by atoms with Crippen molar-refractivity contribution in [2.24, 2.45) is 0 Å². The third kappa shape index (κ3) is 12.5. The second-order valence-electron chi connectivity index (χ2n) is 8.16. The highest BCUT2D eigenvalue weighted by Gasteiger charge is 2.20. The summed E-state index contributed by atoms with van der Waals surface area (Å²) in [7, 11) is 0. The molecule has 0 saturated carbocycles. The first-order chi connectivity index (χ1) is 14.2. The quantitative estimate of drug-likeness (QED) is 0.376. The summed E-state index contributed by atoms with van der Waals surface area (Å²) >= 11 is 1.70. The summed E-state index contributed by atoms with van der Waals surface area (Å²) in [5.41, 5.74) is 0.670. The second kappa shape index (κ2) is 14.1. The number of nitrogens with one attached hydrogen (secondary N) is 1. The van der Waals surface area contributed by atoms with Gasteiger partial charge >= 0.3 is 5.97 Å². The Labute approximate surface area is 185 Å². The van der Waals surface area contributed by atoms with Gasteiger partial charge in [-0.15, -0.1) is 0 Å². The maximum Gasteiger partial charge on any atom is 0.306 e. The molecule has 1 rings (SSSR count). The summed E-state index contributed by atoms with van der Waals surface area (Å²) in [5.74, 6) is 1.31. The zero-order chi connectivity index (χ0) is 22.4. The molecule has 0 unspecified atom stereocenters. The predicted molar refractivity (Wildman–Crippen MR) is 122 cm³/mol. The van der Waals surface area contributed by atoms with E-state index in [1.165, 1.54) is 0 Å². The van der Waals surface area contributed by atoms with Crippen LogP contribution in [0.15, 0.2) is 30.3 Å². The van der Waals surface area contributed by atoms with Gasteiger partial charge in [0.25, 0.3) is 0 Å². The first-order valence-electron chi connectivity index (χ1n) is 10.6. The van der Waals surface area contributed by atoms with E-state index in [1.807, 2.05) is 51.1 Å². The minimum Gasteiger partial charge on any atom is -0.466 e. The Balaban J connectivity index is 2.45. The third-order valence-electron chi connectivity index (χ3n) is 4.10. The number of hydrogen-bond acceptors (Lipinski definition) is 5. The van der Waals surface area contributed by atoms with Crippen LogP contribution in [-0.4, -0.2) is 52.9 Å². The summed E-state index contributed by atoms with van der Waals surface area (Å²) in [5, 5.41) is 2.92. The molecule has 1 N–H and O–H groups in total. The van der Waals surface area contributed by atoms with E-state index in [0.717, 1.165) is 29.9 Å². The van der Waals surface area contributed by atoms with Crippen LogP contribution < -0.4 is 5.32 Å². The van der Waals surface area contributed by atoms with Crippen molar-refractivity contribution >= 4 is 29.5 Å². The molecule has 0 spiro atoms. The molecule has 1 aromatic carbocycles. The molecule has 0 aliphatic carbocycles. The average Bonchev–Trinajstić information content (AvgIpc) is 2.66. The molecule has 6 nitrogen and oxygen atoms in total. The summed E-state index contributed by atoms with van der Waals surface area (Å²) in [6.45, 7) is 8.47. The standard InChI is InChI=1S/C23H36N2O4S/c1-5-29-22(28)14-16-30-15-10-9-13-21(27)25(17-19-11-7-6-8-12-19)18-20(26)24-23(2,3)4/h6-8,11-12H,5,9-10,13-18H2,1-4H3,(H,24,26). The zero-order valence-corrected chi connectivity index (χ0v) is 19.6. The van der Waals surface area contributed by atoms with Crippen LogP contribution in [0.1, 0.15) is 58.9 Å². The largest absolute Gasteiger partial charge is 0.466 e. The van der Waals surface area contributed by atoms with Gasteiger partial charge in [-0.2, -0.15) is 11.8 Å². The first kappa shape index (κ1) is 26.0.